The Morgan fingerprint density at radius 1 is 1.12 bits per heavy atom. The van der Waals surface area contributed by atoms with E-state index in [-0.39, 0.29) is 17.9 Å². The van der Waals surface area contributed by atoms with E-state index < -0.39 is 0 Å². The summed E-state index contributed by atoms with van der Waals surface area (Å²) in [6.45, 7) is 6.60. The highest BCUT2D eigenvalue weighted by molar-refractivity contribution is 5.82. The molecular weight excluding hydrogens is 304 g/mol. The predicted octanol–water partition coefficient (Wildman–Crippen LogP) is 0.777. The molecule has 2 fully saturated rings. The fourth-order valence-electron chi connectivity index (χ4n) is 3.93. The third-order valence-corrected chi connectivity index (χ3v) is 5.34. The Kier molecular flexibility index (Phi) is 7.49. The molecule has 1 atom stereocenters. The average molecular weight is 338 g/mol. The highest BCUT2D eigenvalue weighted by atomic mass is 16.2. The molecule has 0 bridgehead atoms. The van der Waals surface area contributed by atoms with Gasteiger partial charge in [0.25, 0.3) is 0 Å². The zero-order chi connectivity index (χ0) is 17.5. The second-order valence-electron chi connectivity index (χ2n) is 7.35. The highest BCUT2D eigenvalue weighted by Gasteiger charge is 2.36. The molecule has 1 unspecified atom stereocenters. The van der Waals surface area contributed by atoms with Crippen LogP contribution in [0.15, 0.2) is 0 Å². The van der Waals surface area contributed by atoms with Gasteiger partial charge in [0.1, 0.15) is 0 Å². The monoisotopic (exact) mass is 338 g/mol. The van der Waals surface area contributed by atoms with Gasteiger partial charge in [-0.15, -0.1) is 0 Å². The molecule has 6 heteroatoms. The van der Waals surface area contributed by atoms with Crippen molar-refractivity contribution >= 4 is 11.8 Å². The summed E-state index contributed by atoms with van der Waals surface area (Å²) in [4.78, 5) is 31.0. The van der Waals surface area contributed by atoms with Crippen molar-refractivity contribution in [3.05, 3.63) is 0 Å². The zero-order valence-electron chi connectivity index (χ0n) is 15.6. The minimum absolute atomic E-state index is 0.0199. The number of piperazine rings is 1. The van der Waals surface area contributed by atoms with Gasteiger partial charge in [0.05, 0.1) is 6.04 Å². The van der Waals surface area contributed by atoms with Gasteiger partial charge in [-0.2, -0.15) is 0 Å². The molecule has 1 saturated carbocycles. The van der Waals surface area contributed by atoms with E-state index in [4.69, 9.17) is 0 Å². The van der Waals surface area contributed by atoms with Crippen molar-refractivity contribution in [2.75, 3.05) is 53.4 Å². The number of nitrogens with zero attached hydrogens (tertiary/aromatic N) is 3. The van der Waals surface area contributed by atoms with Gasteiger partial charge in [-0.25, -0.2) is 0 Å². The summed E-state index contributed by atoms with van der Waals surface area (Å²) < 4.78 is 0. The number of rotatable bonds is 7. The van der Waals surface area contributed by atoms with E-state index >= 15 is 0 Å². The Balaban J connectivity index is 1.94. The molecule has 2 aliphatic rings. The molecule has 1 saturated heterocycles. The number of carbonyl (C=O) groups excluding carboxylic acids is 2. The molecule has 2 rings (SSSR count). The van der Waals surface area contributed by atoms with Gasteiger partial charge in [-0.3, -0.25) is 14.5 Å². The maximum atomic E-state index is 12.8. The number of carbonyl (C=O) groups is 2. The van der Waals surface area contributed by atoms with Crippen LogP contribution in [-0.4, -0.2) is 85.9 Å². The summed E-state index contributed by atoms with van der Waals surface area (Å²) in [5.74, 6) is 0.874. The number of amides is 2. The quantitative estimate of drug-likeness (QED) is 0.745. The van der Waals surface area contributed by atoms with E-state index in [2.05, 4.69) is 15.1 Å². The fraction of sp³-hybridized carbons (Fsp3) is 0.889. The second kappa shape index (κ2) is 9.37. The van der Waals surface area contributed by atoms with Crippen molar-refractivity contribution in [1.82, 2.24) is 20.0 Å². The summed E-state index contributed by atoms with van der Waals surface area (Å²) in [5.41, 5.74) is 0. The molecule has 0 spiro atoms. The standard InChI is InChI=1S/C18H34N4O2/c1-4-16(23)21-11-13-22(14-12-21)17(15-7-5-6-8-15)18(24)19-9-10-20(2)3/h15,17H,4-14H2,1-3H3,(H,19,24). The summed E-state index contributed by atoms with van der Waals surface area (Å²) in [6, 6.07) is -0.0199. The van der Waals surface area contributed by atoms with Gasteiger partial charge in [0.15, 0.2) is 0 Å². The Morgan fingerprint density at radius 2 is 1.75 bits per heavy atom. The van der Waals surface area contributed by atoms with E-state index in [0.717, 1.165) is 45.6 Å². The van der Waals surface area contributed by atoms with E-state index in [1.807, 2.05) is 25.9 Å². The van der Waals surface area contributed by atoms with E-state index in [1.165, 1.54) is 12.8 Å². The number of nitrogens with one attached hydrogen (secondary N) is 1. The molecule has 1 heterocycles. The lowest BCUT2D eigenvalue weighted by atomic mass is 9.95. The molecule has 0 aromatic rings. The Bertz CT molecular complexity index is 413. The van der Waals surface area contributed by atoms with E-state index in [1.54, 1.807) is 0 Å². The van der Waals surface area contributed by atoms with E-state index in [0.29, 0.717) is 18.9 Å². The van der Waals surface area contributed by atoms with Crippen LogP contribution in [0.4, 0.5) is 0 Å². The summed E-state index contributed by atoms with van der Waals surface area (Å²) >= 11 is 0. The molecule has 1 aliphatic carbocycles. The first-order chi connectivity index (χ1) is 11.5. The fourth-order valence-corrected chi connectivity index (χ4v) is 3.93. The third-order valence-electron chi connectivity index (χ3n) is 5.34. The van der Waals surface area contributed by atoms with Crippen molar-refractivity contribution in [3.63, 3.8) is 0 Å². The van der Waals surface area contributed by atoms with Crippen LogP contribution in [0.3, 0.4) is 0 Å². The summed E-state index contributed by atoms with van der Waals surface area (Å²) in [5, 5.41) is 3.13. The predicted molar refractivity (Wildman–Crippen MR) is 95.8 cm³/mol. The largest absolute Gasteiger partial charge is 0.353 e. The SMILES string of the molecule is CCC(=O)N1CCN(C(C(=O)NCCN(C)C)C2CCCC2)CC1. The van der Waals surface area contributed by atoms with Crippen molar-refractivity contribution in [1.29, 1.82) is 0 Å². The molecule has 2 amide bonds. The minimum atomic E-state index is -0.0199. The van der Waals surface area contributed by atoms with Crippen LogP contribution in [-0.2, 0) is 9.59 Å². The van der Waals surface area contributed by atoms with Crippen LogP contribution in [0.25, 0.3) is 0 Å². The van der Waals surface area contributed by atoms with Crippen LogP contribution in [0.1, 0.15) is 39.0 Å². The Labute approximate surface area is 146 Å². The van der Waals surface area contributed by atoms with Crippen molar-refractivity contribution in [2.24, 2.45) is 5.92 Å². The van der Waals surface area contributed by atoms with Crippen molar-refractivity contribution in [3.8, 4) is 0 Å². The normalized spacial score (nSPS) is 21.2. The van der Waals surface area contributed by atoms with Crippen LogP contribution < -0.4 is 5.32 Å². The lowest BCUT2D eigenvalue weighted by Gasteiger charge is -2.40. The molecule has 0 aromatic carbocycles. The first-order valence-electron chi connectivity index (χ1n) is 9.47. The maximum Gasteiger partial charge on any atom is 0.237 e. The van der Waals surface area contributed by atoms with E-state index in [9.17, 15) is 9.59 Å². The van der Waals surface area contributed by atoms with Crippen LogP contribution in [0.5, 0.6) is 0 Å². The summed E-state index contributed by atoms with van der Waals surface area (Å²) in [6.07, 6.45) is 5.34. The molecule has 1 N–H and O–H groups in total. The first-order valence-corrected chi connectivity index (χ1v) is 9.47. The third kappa shape index (κ3) is 5.18. The van der Waals surface area contributed by atoms with Crippen LogP contribution in [0, 0.1) is 5.92 Å². The Morgan fingerprint density at radius 3 is 2.29 bits per heavy atom. The van der Waals surface area contributed by atoms with Gasteiger partial charge in [0, 0.05) is 45.7 Å². The molecule has 0 radical (unpaired) electrons. The van der Waals surface area contributed by atoms with Crippen LogP contribution in [0.2, 0.25) is 0 Å². The lowest BCUT2D eigenvalue weighted by Crippen LogP contribution is -2.58. The van der Waals surface area contributed by atoms with Gasteiger partial charge >= 0.3 is 0 Å². The van der Waals surface area contributed by atoms with Gasteiger partial charge in [0.2, 0.25) is 11.8 Å². The summed E-state index contributed by atoms with van der Waals surface area (Å²) in [7, 11) is 4.04. The molecule has 6 nitrogen and oxygen atoms in total. The highest BCUT2D eigenvalue weighted by Crippen LogP contribution is 2.31. The number of hydrogen-bond donors (Lipinski definition) is 1. The van der Waals surface area contributed by atoms with Crippen molar-refractivity contribution in [2.45, 2.75) is 45.1 Å². The van der Waals surface area contributed by atoms with Gasteiger partial charge < -0.3 is 15.1 Å². The average Bonchev–Trinajstić information content (AvgIpc) is 3.08. The minimum Gasteiger partial charge on any atom is -0.353 e. The van der Waals surface area contributed by atoms with Crippen LogP contribution >= 0.6 is 0 Å². The molecule has 138 valence electrons. The number of likely N-dealkylation sites (N-methyl/N-ethyl adjacent to an activating group) is 1. The molecule has 24 heavy (non-hydrogen) atoms. The maximum absolute atomic E-state index is 12.8. The number of hydrogen-bond acceptors (Lipinski definition) is 4. The first kappa shape index (κ1) is 19.2. The molecule has 1 aliphatic heterocycles. The molecular formula is C18H34N4O2. The molecule has 0 aromatic heterocycles. The lowest BCUT2D eigenvalue weighted by molar-refractivity contribution is -0.135. The van der Waals surface area contributed by atoms with Crippen molar-refractivity contribution < 1.29 is 9.59 Å². The topological polar surface area (TPSA) is 55.9 Å². The smallest absolute Gasteiger partial charge is 0.237 e. The second-order valence-corrected chi connectivity index (χ2v) is 7.35. The zero-order valence-corrected chi connectivity index (χ0v) is 15.6. The van der Waals surface area contributed by atoms with Gasteiger partial charge in [-0.05, 0) is 32.9 Å². The Hall–Kier alpha value is -1.14. The van der Waals surface area contributed by atoms with Gasteiger partial charge in [-0.1, -0.05) is 19.8 Å².